The van der Waals surface area contributed by atoms with E-state index in [4.69, 9.17) is 10.8 Å². The largest absolute Gasteiger partial charge is 0.476 e. The number of aromatic nitrogens is 3. The Kier molecular flexibility index (Phi) is 2.39. The Bertz CT molecular complexity index is 281. The van der Waals surface area contributed by atoms with Crippen molar-refractivity contribution >= 4 is 5.97 Å². The van der Waals surface area contributed by atoms with Crippen LogP contribution in [0.1, 0.15) is 17.4 Å². The van der Waals surface area contributed by atoms with Gasteiger partial charge in [0.25, 0.3) is 0 Å². The number of carbonyl (C=O) groups is 1. The van der Waals surface area contributed by atoms with Crippen LogP contribution in [-0.4, -0.2) is 32.1 Å². The first-order valence-electron chi connectivity index (χ1n) is 3.48. The molecular weight excluding hydrogens is 160 g/mol. The third-order valence-electron chi connectivity index (χ3n) is 1.23. The summed E-state index contributed by atoms with van der Waals surface area (Å²) in [4.78, 5) is 10.4. The van der Waals surface area contributed by atoms with Gasteiger partial charge in [0, 0.05) is 6.04 Å². The molecule has 0 aliphatic heterocycles. The second kappa shape index (κ2) is 3.31. The molecule has 1 rings (SSSR count). The van der Waals surface area contributed by atoms with Crippen molar-refractivity contribution in [3.63, 3.8) is 0 Å². The summed E-state index contributed by atoms with van der Waals surface area (Å²) in [6.07, 6.45) is 1.35. The second-order valence-corrected chi connectivity index (χ2v) is 2.61. The average Bonchev–Trinajstić information content (AvgIpc) is 2.34. The van der Waals surface area contributed by atoms with E-state index in [9.17, 15) is 4.79 Å². The highest BCUT2D eigenvalue weighted by Gasteiger charge is 2.08. The van der Waals surface area contributed by atoms with E-state index in [1.807, 2.05) is 6.92 Å². The Morgan fingerprint density at radius 3 is 3.00 bits per heavy atom. The Morgan fingerprint density at radius 2 is 2.58 bits per heavy atom. The van der Waals surface area contributed by atoms with Crippen LogP contribution >= 0.6 is 0 Å². The summed E-state index contributed by atoms with van der Waals surface area (Å²) in [5, 5.41) is 15.5. The molecule has 6 nitrogen and oxygen atoms in total. The first kappa shape index (κ1) is 8.66. The molecule has 0 aliphatic carbocycles. The Labute approximate surface area is 69.0 Å². The van der Waals surface area contributed by atoms with Crippen LogP contribution in [0.15, 0.2) is 6.20 Å². The van der Waals surface area contributed by atoms with Gasteiger partial charge in [-0.1, -0.05) is 5.21 Å². The van der Waals surface area contributed by atoms with Crippen LogP contribution in [0.2, 0.25) is 0 Å². The van der Waals surface area contributed by atoms with Crippen LogP contribution in [0.4, 0.5) is 0 Å². The van der Waals surface area contributed by atoms with Crippen molar-refractivity contribution in [3.8, 4) is 0 Å². The summed E-state index contributed by atoms with van der Waals surface area (Å²) in [6.45, 7) is 2.28. The lowest BCUT2D eigenvalue weighted by molar-refractivity contribution is 0.0690. The molecule has 0 bridgehead atoms. The summed E-state index contributed by atoms with van der Waals surface area (Å²) in [7, 11) is 0. The molecule has 0 saturated carbocycles. The molecule has 0 aromatic carbocycles. The third kappa shape index (κ3) is 2.03. The number of rotatable bonds is 3. The minimum absolute atomic E-state index is 0.0596. The number of aromatic carboxylic acids is 1. The highest BCUT2D eigenvalue weighted by atomic mass is 16.4. The molecule has 0 radical (unpaired) electrons. The molecule has 0 fully saturated rings. The summed E-state index contributed by atoms with van der Waals surface area (Å²) in [5.41, 5.74) is 5.41. The monoisotopic (exact) mass is 170 g/mol. The van der Waals surface area contributed by atoms with Crippen molar-refractivity contribution in [1.29, 1.82) is 0 Å². The summed E-state index contributed by atoms with van der Waals surface area (Å²) < 4.78 is 1.41. The van der Waals surface area contributed by atoms with Crippen molar-refractivity contribution in [2.24, 2.45) is 5.73 Å². The summed E-state index contributed by atoms with van der Waals surface area (Å²) >= 11 is 0. The van der Waals surface area contributed by atoms with Crippen molar-refractivity contribution in [1.82, 2.24) is 15.0 Å². The van der Waals surface area contributed by atoms with E-state index in [-0.39, 0.29) is 11.7 Å². The lowest BCUT2D eigenvalue weighted by atomic mass is 10.4. The maximum Gasteiger partial charge on any atom is 0.358 e. The molecule has 66 valence electrons. The van der Waals surface area contributed by atoms with Gasteiger partial charge in [-0.2, -0.15) is 0 Å². The Balaban J connectivity index is 2.71. The molecule has 0 amide bonds. The average molecular weight is 170 g/mol. The number of hydrogen-bond donors (Lipinski definition) is 2. The molecule has 0 aliphatic rings. The topological polar surface area (TPSA) is 94.0 Å². The van der Waals surface area contributed by atoms with E-state index in [0.29, 0.717) is 6.54 Å². The molecular formula is C6H10N4O2. The molecule has 1 atom stereocenters. The van der Waals surface area contributed by atoms with Crippen LogP contribution in [0.25, 0.3) is 0 Å². The number of nitrogens with two attached hydrogens (primary N) is 1. The fourth-order valence-electron chi connectivity index (χ4n) is 0.781. The van der Waals surface area contributed by atoms with Crippen LogP contribution in [0.3, 0.4) is 0 Å². The zero-order valence-electron chi connectivity index (χ0n) is 6.64. The van der Waals surface area contributed by atoms with Crippen molar-refractivity contribution in [3.05, 3.63) is 11.9 Å². The van der Waals surface area contributed by atoms with Gasteiger partial charge in [-0.15, -0.1) is 5.10 Å². The molecule has 1 aromatic heterocycles. The van der Waals surface area contributed by atoms with Gasteiger partial charge in [0.1, 0.15) is 0 Å². The summed E-state index contributed by atoms with van der Waals surface area (Å²) in [5.74, 6) is -1.08. The maximum absolute atomic E-state index is 10.4. The van der Waals surface area contributed by atoms with E-state index >= 15 is 0 Å². The predicted octanol–water partition coefficient (Wildman–Crippen LogP) is -0.677. The third-order valence-corrected chi connectivity index (χ3v) is 1.23. The van der Waals surface area contributed by atoms with E-state index in [1.165, 1.54) is 10.9 Å². The van der Waals surface area contributed by atoms with Gasteiger partial charge in [-0.25, -0.2) is 4.79 Å². The van der Waals surface area contributed by atoms with Gasteiger partial charge in [-0.05, 0) is 6.92 Å². The lowest BCUT2D eigenvalue weighted by Gasteiger charge is -2.01. The Morgan fingerprint density at radius 1 is 1.92 bits per heavy atom. The molecule has 0 unspecified atom stereocenters. The zero-order valence-corrected chi connectivity index (χ0v) is 6.64. The highest BCUT2D eigenvalue weighted by Crippen LogP contribution is 1.93. The molecule has 3 N–H and O–H groups in total. The SMILES string of the molecule is C[C@H](N)Cn1cc(C(=O)O)nn1. The van der Waals surface area contributed by atoms with E-state index in [1.54, 1.807) is 0 Å². The normalized spacial score (nSPS) is 12.8. The van der Waals surface area contributed by atoms with Crippen LogP contribution < -0.4 is 5.73 Å². The van der Waals surface area contributed by atoms with Gasteiger partial charge >= 0.3 is 5.97 Å². The summed E-state index contributed by atoms with van der Waals surface area (Å²) in [6, 6.07) is -0.0617. The van der Waals surface area contributed by atoms with E-state index in [2.05, 4.69) is 10.3 Å². The number of hydrogen-bond acceptors (Lipinski definition) is 4. The van der Waals surface area contributed by atoms with Crippen LogP contribution in [0, 0.1) is 0 Å². The molecule has 1 heterocycles. The van der Waals surface area contributed by atoms with Crippen molar-refractivity contribution < 1.29 is 9.90 Å². The van der Waals surface area contributed by atoms with E-state index < -0.39 is 5.97 Å². The minimum Gasteiger partial charge on any atom is -0.476 e. The van der Waals surface area contributed by atoms with Gasteiger partial charge < -0.3 is 10.8 Å². The first-order chi connectivity index (χ1) is 5.59. The van der Waals surface area contributed by atoms with E-state index in [0.717, 1.165) is 0 Å². The lowest BCUT2D eigenvalue weighted by Crippen LogP contribution is -2.22. The molecule has 1 aromatic rings. The van der Waals surface area contributed by atoms with Gasteiger partial charge in [-0.3, -0.25) is 4.68 Å². The van der Waals surface area contributed by atoms with Crippen molar-refractivity contribution in [2.45, 2.75) is 19.5 Å². The highest BCUT2D eigenvalue weighted by molar-refractivity contribution is 5.84. The van der Waals surface area contributed by atoms with Gasteiger partial charge in [0.05, 0.1) is 12.7 Å². The van der Waals surface area contributed by atoms with Gasteiger partial charge in [0.2, 0.25) is 0 Å². The molecule has 0 spiro atoms. The molecule has 12 heavy (non-hydrogen) atoms. The van der Waals surface area contributed by atoms with Crippen molar-refractivity contribution in [2.75, 3.05) is 0 Å². The molecule has 0 saturated heterocycles. The number of carboxylic acid groups (broad SMARTS) is 1. The Hall–Kier alpha value is -1.43. The quantitative estimate of drug-likeness (QED) is 0.627. The fourth-order valence-corrected chi connectivity index (χ4v) is 0.781. The first-order valence-corrected chi connectivity index (χ1v) is 3.48. The fraction of sp³-hybridized carbons (Fsp3) is 0.500. The smallest absolute Gasteiger partial charge is 0.358 e. The standard InChI is InChI=1S/C6H10N4O2/c1-4(7)2-10-3-5(6(11)12)8-9-10/h3-4H,2,7H2,1H3,(H,11,12)/t4-/m0/s1. The number of nitrogens with zero attached hydrogens (tertiary/aromatic N) is 3. The van der Waals surface area contributed by atoms with Gasteiger partial charge in [0.15, 0.2) is 5.69 Å². The minimum atomic E-state index is -1.08. The zero-order chi connectivity index (χ0) is 9.14. The predicted molar refractivity (Wildman–Crippen MR) is 40.6 cm³/mol. The maximum atomic E-state index is 10.4. The molecule has 6 heteroatoms. The second-order valence-electron chi connectivity index (χ2n) is 2.61. The number of carboxylic acids is 1. The van der Waals surface area contributed by atoms with Crippen LogP contribution in [-0.2, 0) is 6.54 Å². The van der Waals surface area contributed by atoms with Crippen LogP contribution in [0.5, 0.6) is 0 Å².